The molecule has 2 amide bonds. The molecule has 3 rings (SSSR count). The quantitative estimate of drug-likeness (QED) is 0.710. The maximum atomic E-state index is 12.4. The van der Waals surface area contributed by atoms with Gasteiger partial charge < -0.3 is 15.0 Å². The van der Waals surface area contributed by atoms with Gasteiger partial charge >= 0.3 is 6.09 Å². The lowest BCUT2D eigenvalue weighted by Gasteiger charge is -2.23. The third-order valence-corrected chi connectivity index (χ3v) is 5.38. The molecule has 31 heavy (non-hydrogen) atoms. The number of nitrogens with zero attached hydrogens (tertiary/aromatic N) is 1. The zero-order chi connectivity index (χ0) is 22.4. The Kier molecular flexibility index (Phi) is 7.16. The van der Waals surface area contributed by atoms with Crippen LogP contribution in [0.5, 0.6) is 0 Å². The smallest absolute Gasteiger partial charge is 0.408 e. The Labute approximate surface area is 185 Å². The van der Waals surface area contributed by atoms with Crippen molar-refractivity contribution in [3.63, 3.8) is 0 Å². The number of carbonyl (C=O) groups excluding carboxylic acids is 2. The Morgan fingerprint density at radius 2 is 1.52 bits per heavy atom. The summed E-state index contributed by atoms with van der Waals surface area (Å²) in [6.07, 6.45) is 5.60. The van der Waals surface area contributed by atoms with Gasteiger partial charge in [0, 0.05) is 19.5 Å². The number of carbonyl (C=O) groups is 2. The molecule has 1 N–H and O–H groups in total. The first-order chi connectivity index (χ1) is 14.7. The summed E-state index contributed by atoms with van der Waals surface area (Å²) >= 11 is 0. The standard InChI is InChI=1S/C26H32N2O3/c1-26(2,3)31-25(30)27-18-24(29)28(4)17-9-14-23-21-12-7-5-10-19(21)15-16-20-11-6-8-13-22(20)23/h5-8,10-13,15-16,23H,9,14,17-18H2,1-4H3,(H,27,30). The van der Waals surface area contributed by atoms with Gasteiger partial charge in [0.2, 0.25) is 5.91 Å². The van der Waals surface area contributed by atoms with Gasteiger partial charge in [0.15, 0.2) is 0 Å². The van der Waals surface area contributed by atoms with E-state index >= 15 is 0 Å². The highest BCUT2D eigenvalue weighted by atomic mass is 16.6. The van der Waals surface area contributed by atoms with Crippen molar-refractivity contribution in [3.05, 3.63) is 70.8 Å². The molecular formula is C26H32N2O3. The van der Waals surface area contributed by atoms with Gasteiger partial charge in [0.05, 0.1) is 0 Å². The number of hydrogen-bond acceptors (Lipinski definition) is 3. The maximum Gasteiger partial charge on any atom is 0.408 e. The molecule has 1 aliphatic rings. The molecule has 0 atom stereocenters. The molecule has 0 unspecified atom stereocenters. The fourth-order valence-corrected chi connectivity index (χ4v) is 3.87. The Bertz CT molecular complexity index is 910. The highest BCUT2D eigenvalue weighted by Gasteiger charge is 2.22. The second-order valence-electron chi connectivity index (χ2n) is 8.96. The van der Waals surface area contributed by atoms with E-state index in [1.54, 1.807) is 32.7 Å². The lowest BCUT2D eigenvalue weighted by atomic mass is 9.84. The number of hydrogen-bond donors (Lipinski definition) is 1. The van der Waals surface area contributed by atoms with E-state index in [0.29, 0.717) is 6.54 Å². The average Bonchev–Trinajstić information content (AvgIpc) is 2.88. The normalized spacial score (nSPS) is 13.0. The summed E-state index contributed by atoms with van der Waals surface area (Å²) in [6, 6.07) is 17.0. The van der Waals surface area contributed by atoms with Gasteiger partial charge in [-0.25, -0.2) is 4.79 Å². The van der Waals surface area contributed by atoms with Crippen LogP contribution in [0.2, 0.25) is 0 Å². The van der Waals surface area contributed by atoms with Gasteiger partial charge in [-0.15, -0.1) is 0 Å². The first-order valence-corrected chi connectivity index (χ1v) is 10.8. The van der Waals surface area contributed by atoms with E-state index in [1.807, 2.05) is 0 Å². The van der Waals surface area contributed by atoms with E-state index < -0.39 is 11.7 Å². The van der Waals surface area contributed by atoms with Crippen LogP contribution in [0.1, 0.15) is 61.8 Å². The highest BCUT2D eigenvalue weighted by Crippen LogP contribution is 2.37. The molecular weight excluding hydrogens is 388 g/mol. The van der Waals surface area contributed by atoms with Crippen LogP contribution in [-0.4, -0.2) is 42.6 Å². The van der Waals surface area contributed by atoms with Crippen molar-refractivity contribution in [3.8, 4) is 0 Å². The number of nitrogens with one attached hydrogen (secondary N) is 1. The van der Waals surface area contributed by atoms with E-state index in [0.717, 1.165) is 12.8 Å². The van der Waals surface area contributed by atoms with Crippen molar-refractivity contribution >= 4 is 24.2 Å². The van der Waals surface area contributed by atoms with Crippen LogP contribution in [0.4, 0.5) is 4.79 Å². The molecule has 2 aromatic rings. The number of likely N-dealkylation sites (N-methyl/N-ethyl adjacent to an activating group) is 1. The van der Waals surface area contributed by atoms with Crippen LogP contribution in [0.3, 0.4) is 0 Å². The monoisotopic (exact) mass is 420 g/mol. The van der Waals surface area contributed by atoms with Crippen molar-refractivity contribution in [2.45, 2.75) is 45.1 Å². The van der Waals surface area contributed by atoms with E-state index in [1.165, 1.54) is 22.3 Å². The van der Waals surface area contributed by atoms with Crippen molar-refractivity contribution in [1.82, 2.24) is 10.2 Å². The first-order valence-electron chi connectivity index (χ1n) is 10.8. The SMILES string of the molecule is CN(CCCC1c2ccccc2C=Cc2ccccc21)C(=O)CNC(=O)OC(C)(C)C. The molecule has 0 bridgehead atoms. The Morgan fingerprint density at radius 3 is 2.06 bits per heavy atom. The largest absolute Gasteiger partial charge is 0.444 e. The summed E-state index contributed by atoms with van der Waals surface area (Å²) < 4.78 is 5.18. The number of rotatable bonds is 6. The first kappa shape index (κ1) is 22.6. The van der Waals surface area contributed by atoms with Gasteiger partial charge in [-0.05, 0) is 55.9 Å². The summed E-state index contributed by atoms with van der Waals surface area (Å²) in [7, 11) is 1.77. The molecule has 0 aliphatic heterocycles. The Hall–Kier alpha value is -3.08. The highest BCUT2D eigenvalue weighted by molar-refractivity contribution is 5.82. The van der Waals surface area contributed by atoms with Gasteiger partial charge in [-0.2, -0.15) is 0 Å². The van der Waals surface area contributed by atoms with E-state index in [2.05, 4.69) is 66.0 Å². The molecule has 0 aromatic heterocycles. The second-order valence-corrected chi connectivity index (χ2v) is 8.96. The van der Waals surface area contributed by atoms with Crippen molar-refractivity contribution in [2.24, 2.45) is 0 Å². The lowest BCUT2D eigenvalue weighted by Crippen LogP contribution is -2.40. The van der Waals surface area contributed by atoms with Crippen LogP contribution < -0.4 is 5.32 Å². The number of amides is 2. The maximum absolute atomic E-state index is 12.4. The fourth-order valence-electron chi connectivity index (χ4n) is 3.87. The minimum atomic E-state index is -0.584. The molecule has 0 saturated carbocycles. The van der Waals surface area contributed by atoms with Gasteiger partial charge in [-0.1, -0.05) is 60.7 Å². The minimum Gasteiger partial charge on any atom is -0.444 e. The summed E-state index contributed by atoms with van der Waals surface area (Å²) in [5, 5.41) is 2.53. The van der Waals surface area contributed by atoms with Crippen LogP contribution >= 0.6 is 0 Å². The van der Waals surface area contributed by atoms with Crippen LogP contribution in [0.25, 0.3) is 12.2 Å². The van der Waals surface area contributed by atoms with Crippen LogP contribution in [0, 0.1) is 0 Å². The third kappa shape index (κ3) is 6.20. The number of ether oxygens (including phenoxy) is 1. The summed E-state index contributed by atoms with van der Waals surface area (Å²) in [4.78, 5) is 25.8. The molecule has 0 spiro atoms. The van der Waals surface area contributed by atoms with Crippen molar-refractivity contribution in [2.75, 3.05) is 20.1 Å². The number of fused-ring (bicyclic) bond motifs is 2. The molecule has 2 aromatic carbocycles. The predicted molar refractivity (Wildman–Crippen MR) is 125 cm³/mol. The zero-order valence-corrected chi connectivity index (χ0v) is 18.9. The third-order valence-electron chi connectivity index (χ3n) is 5.38. The summed E-state index contributed by atoms with van der Waals surface area (Å²) in [6.45, 7) is 5.94. The van der Waals surface area contributed by atoms with Crippen molar-refractivity contribution in [1.29, 1.82) is 0 Å². The van der Waals surface area contributed by atoms with Crippen LogP contribution in [-0.2, 0) is 9.53 Å². The molecule has 0 heterocycles. The molecule has 0 saturated heterocycles. The summed E-state index contributed by atoms with van der Waals surface area (Å²) in [5.41, 5.74) is 4.55. The molecule has 0 radical (unpaired) electrons. The summed E-state index contributed by atoms with van der Waals surface area (Å²) in [5.74, 6) is 0.153. The Morgan fingerprint density at radius 1 is 0.968 bits per heavy atom. The molecule has 5 heteroatoms. The van der Waals surface area contributed by atoms with Crippen molar-refractivity contribution < 1.29 is 14.3 Å². The van der Waals surface area contributed by atoms with E-state index in [9.17, 15) is 9.59 Å². The molecule has 164 valence electrons. The number of alkyl carbamates (subject to hydrolysis) is 1. The fraction of sp³-hybridized carbons (Fsp3) is 0.385. The molecule has 1 aliphatic carbocycles. The van der Waals surface area contributed by atoms with Gasteiger partial charge in [0.1, 0.15) is 12.1 Å². The molecule has 5 nitrogen and oxygen atoms in total. The minimum absolute atomic E-state index is 0.0651. The van der Waals surface area contributed by atoms with Gasteiger partial charge in [-0.3, -0.25) is 4.79 Å². The number of benzene rings is 2. The molecule has 0 fully saturated rings. The van der Waals surface area contributed by atoms with E-state index in [4.69, 9.17) is 4.74 Å². The zero-order valence-electron chi connectivity index (χ0n) is 18.9. The average molecular weight is 421 g/mol. The topological polar surface area (TPSA) is 58.6 Å². The van der Waals surface area contributed by atoms with Gasteiger partial charge in [0.25, 0.3) is 0 Å². The lowest BCUT2D eigenvalue weighted by molar-refractivity contribution is -0.129. The van der Waals surface area contributed by atoms with Crippen LogP contribution in [0.15, 0.2) is 48.5 Å². The predicted octanol–water partition coefficient (Wildman–Crippen LogP) is 5.07. The Balaban J connectivity index is 1.58. The second kappa shape index (κ2) is 9.82. The van der Waals surface area contributed by atoms with E-state index in [-0.39, 0.29) is 18.4 Å².